The fraction of sp³-hybridized carbons (Fsp3) is 0.647. The van der Waals surface area contributed by atoms with Crippen LogP contribution in [0.1, 0.15) is 49.2 Å². The van der Waals surface area contributed by atoms with Gasteiger partial charge in [-0.3, -0.25) is 0 Å². The van der Waals surface area contributed by atoms with Gasteiger partial charge in [0.25, 0.3) is 0 Å². The van der Waals surface area contributed by atoms with Crippen molar-refractivity contribution in [1.82, 2.24) is 4.98 Å². The number of ether oxygens (including phenoxy) is 2. The summed E-state index contributed by atoms with van der Waals surface area (Å²) < 4.78 is 10.7. The third kappa shape index (κ3) is 4.19. The zero-order valence-electron chi connectivity index (χ0n) is 13.9. The van der Waals surface area contributed by atoms with E-state index in [0.717, 1.165) is 31.7 Å². The van der Waals surface area contributed by atoms with E-state index in [0.29, 0.717) is 17.2 Å². The predicted molar refractivity (Wildman–Crippen MR) is 86.2 cm³/mol. The van der Waals surface area contributed by atoms with Gasteiger partial charge in [-0.1, -0.05) is 13.8 Å². The second-order valence-electron chi connectivity index (χ2n) is 6.25. The lowest BCUT2D eigenvalue weighted by Crippen LogP contribution is -2.40. The lowest BCUT2D eigenvalue weighted by molar-refractivity contribution is -0.00470. The molecular weight excluding hydrogens is 280 g/mol. The van der Waals surface area contributed by atoms with Crippen LogP contribution in [0.15, 0.2) is 12.1 Å². The summed E-state index contributed by atoms with van der Waals surface area (Å²) in [5, 5.41) is 3.47. The first-order valence-corrected chi connectivity index (χ1v) is 7.95. The molecule has 22 heavy (non-hydrogen) atoms. The minimum atomic E-state index is -0.352. The van der Waals surface area contributed by atoms with Gasteiger partial charge in [0.05, 0.1) is 30.5 Å². The highest BCUT2D eigenvalue weighted by molar-refractivity contribution is 5.90. The number of rotatable bonds is 5. The second-order valence-corrected chi connectivity index (χ2v) is 6.25. The molecule has 0 saturated carbocycles. The van der Waals surface area contributed by atoms with Crippen molar-refractivity contribution in [1.29, 1.82) is 0 Å². The molecule has 5 nitrogen and oxygen atoms in total. The Bertz CT molecular complexity index is 517. The molecule has 122 valence electrons. The molecular formula is C17H26N2O3. The maximum atomic E-state index is 11.6. The largest absolute Gasteiger partial charge is 0.465 e. The maximum absolute atomic E-state index is 11.6. The number of nitrogens with one attached hydrogen (secondary N) is 1. The van der Waals surface area contributed by atoms with Crippen LogP contribution in [0.2, 0.25) is 0 Å². The molecule has 1 aromatic rings. The van der Waals surface area contributed by atoms with Gasteiger partial charge in [0, 0.05) is 6.61 Å². The number of hydrogen-bond donors (Lipinski definition) is 1. The van der Waals surface area contributed by atoms with Crippen molar-refractivity contribution in [3.05, 3.63) is 23.4 Å². The third-order valence-electron chi connectivity index (χ3n) is 3.97. The van der Waals surface area contributed by atoms with Crippen molar-refractivity contribution < 1.29 is 14.3 Å². The summed E-state index contributed by atoms with van der Waals surface area (Å²) in [5.74, 6) is 1.04. The SMILES string of the molecule is COC(=O)c1ccc(NC2CCCOC2CC(C)C)nc1C. The lowest BCUT2D eigenvalue weighted by atomic mass is 9.95. The number of methoxy groups -OCH3 is 1. The standard InChI is InChI=1S/C17H26N2O3/c1-11(2)10-15-14(6-5-9-22-15)19-16-8-7-13(12(3)18-16)17(20)21-4/h7-8,11,14-15H,5-6,9-10H2,1-4H3,(H,18,19). The van der Waals surface area contributed by atoms with Crippen LogP contribution in [0, 0.1) is 12.8 Å². The average Bonchev–Trinajstić information content (AvgIpc) is 2.48. The Morgan fingerprint density at radius 1 is 1.50 bits per heavy atom. The highest BCUT2D eigenvalue weighted by atomic mass is 16.5. The molecule has 2 unspecified atom stereocenters. The first-order chi connectivity index (χ1) is 10.5. The van der Waals surface area contributed by atoms with Gasteiger partial charge in [0.2, 0.25) is 0 Å². The quantitative estimate of drug-likeness (QED) is 0.847. The Hall–Kier alpha value is -1.62. The van der Waals surface area contributed by atoms with Gasteiger partial charge in [-0.05, 0) is 44.2 Å². The van der Waals surface area contributed by atoms with Crippen LogP contribution >= 0.6 is 0 Å². The number of hydrogen-bond acceptors (Lipinski definition) is 5. The first kappa shape index (κ1) is 16.7. The summed E-state index contributed by atoms with van der Waals surface area (Å²) >= 11 is 0. The van der Waals surface area contributed by atoms with Crippen LogP contribution in [0.4, 0.5) is 5.82 Å². The number of nitrogens with zero attached hydrogens (tertiary/aromatic N) is 1. The van der Waals surface area contributed by atoms with E-state index in [1.807, 2.05) is 13.0 Å². The van der Waals surface area contributed by atoms with Crippen LogP contribution < -0.4 is 5.32 Å². The molecule has 0 radical (unpaired) electrons. The molecule has 0 amide bonds. The van der Waals surface area contributed by atoms with Gasteiger partial charge in [-0.2, -0.15) is 0 Å². The molecule has 5 heteroatoms. The molecule has 2 atom stereocenters. The Morgan fingerprint density at radius 3 is 2.91 bits per heavy atom. The zero-order chi connectivity index (χ0) is 16.1. The second kappa shape index (κ2) is 7.58. The molecule has 1 aliphatic heterocycles. The predicted octanol–water partition coefficient (Wildman–Crippen LogP) is 3.18. The van der Waals surface area contributed by atoms with E-state index in [-0.39, 0.29) is 18.1 Å². The molecule has 2 rings (SSSR count). The fourth-order valence-electron chi connectivity index (χ4n) is 2.86. The minimum Gasteiger partial charge on any atom is -0.465 e. The fourth-order valence-corrected chi connectivity index (χ4v) is 2.86. The molecule has 2 heterocycles. The van der Waals surface area contributed by atoms with E-state index in [1.54, 1.807) is 6.07 Å². The van der Waals surface area contributed by atoms with Crippen molar-refractivity contribution in [3.8, 4) is 0 Å². The van der Waals surface area contributed by atoms with Gasteiger partial charge < -0.3 is 14.8 Å². The summed E-state index contributed by atoms with van der Waals surface area (Å²) in [6.07, 6.45) is 3.40. The van der Waals surface area contributed by atoms with Crippen molar-refractivity contribution in [2.75, 3.05) is 19.0 Å². The summed E-state index contributed by atoms with van der Waals surface area (Å²) in [5.41, 5.74) is 1.18. The normalized spacial score (nSPS) is 21.7. The molecule has 1 saturated heterocycles. The number of aryl methyl sites for hydroxylation is 1. The van der Waals surface area contributed by atoms with E-state index in [4.69, 9.17) is 9.47 Å². The van der Waals surface area contributed by atoms with E-state index in [9.17, 15) is 4.79 Å². The number of carbonyl (C=O) groups excluding carboxylic acids is 1. The number of aromatic nitrogens is 1. The number of pyridine rings is 1. The summed E-state index contributed by atoms with van der Waals surface area (Å²) in [6, 6.07) is 3.87. The Labute approximate surface area is 132 Å². The third-order valence-corrected chi connectivity index (χ3v) is 3.97. The maximum Gasteiger partial charge on any atom is 0.339 e. The van der Waals surface area contributed by atoms with Crippen molar-refractivity contribution in [2.24, 2.45) is 5.92 Å². The summed E-state index contributed by atoms with van der Waals surface area (Å²) in [6.45, 7) is 7.08. The van der Waals surface area contributed by atoms with E-state index in [1.165, 1.54) is 7.11 Å². The van der Waals surface area contributed by atoms with Gasteiger partial charge in [-0.15, -0.1) is 0 Å². The van der Waals surface area contributed by atoms with Gasteiger partial charge in [-0.25, -0.2) is 9.78 Å². The number of esters is 1. The molecule has 1 aromatic heterocycles. The van der Waals surface area contributed by atoms with Crippen LogP contribution in [0.25, 0.3) is 0 Å². The van der Waals surface area contributed by atoms with Gasteiger partial charge in [0.1, 0.15) is 5.82 Å². The molecule has 0 aromatic carbocycles. The monoisotopic (exact) mass is 306 g/mol. The van der Waals surface area contributed by atoms with Crippen molar-refractivity contribution in [3.63, 3.8) is 0 Å². The number of anilines is 1. The average molecular weight is 306 g/mol. The van der Waals surface area contributed by atoms with Crippen molar-refractivity contribution >= 4 is 11.8 Å². The minimum absolute atomic E-state index is 0.219. The van der Waals surface area contributed by atoms with Crippen LogP contribution in [-0.4, -0.2) is 36.8 Å². The first-order valence-electron chi connectivity index (χ1n) is 7.95. The van der Waals surface area contributed by atoms with Gasteiger partial charge >= 0.3 is 5.97 Å². The Balaban J connectivity index is 2.08. The molecule has 0 bridgehead atoms. The van der Waals surface area contributed by atoms with Crippen molar-refractivity contribution in [2.45, 2.75) is 52.2 Å². The van der Waals surface area contributed by atoms with Crippen LogP contribution in [0.5, 0.6) is 0 Å². The van der Waals surface area contributed by atoms with Crippen LogP contribution in [0.3, 0.4) is 0 Å². The highest BCUT2D eigenvalue weighted by Crippen LogP contribution is 2.23. The zero-order valence-corrected chi connectivity index (χ0v) is 13.9. The summed E-state index contributed by atoms with van der Waals surface area (Å²) in [7, 11) is 1.38. The summed E-state index contributed by atoms with van der Waals surface area (Å²) in [4.78, 5) is 16.1. The smallest absolute Gasteiger partial charge is 0.339 e. The Kier molecular flexibility index (Phi) is 5.77. The highest BCUT2D eigenvalue weighted by Gasteiger charge is 2.27. The van der Waals surface area contributed by atoms with E-state index >= 15 is 0 Å². The molecule has 1 fully saturated rings. The lowest BCUT2D eigenvalue weighted by Gasteiger charge is -2.33. The topological polar surface area (TPSA) is 60.5 Å². The van der Waals surface area contributed by atoms with Gasteiger partial charge in [0.15, 0.2) is 0 Å². The van der Waals surface area contributed by atoms with Crippen LogP contribution in [-0.2, 0) is 9.47 Å². The molecule has 1 N–H and O–H groups in total. The Morgan fingerprint density at radius 2 is 2.27 bits per heavy atom. The molecule has 0 aliphatic carbocycles. The number of carbonyl (C=O) groups is 1. The van der Waals surface area contributed by atoms with E-state index < -0.39 is 0 Å². The van der Waals surface area contributed by atoms with E-state index in [2.05, 4.69) is 24.1 Å². The molecule has 0 spiro atoms. The molecule has 1 aliphatic rings.